The molecule has 1 aliphatic rings. The number of halogens is 1. The second-order valence-electron chi connectivity index (χ2n) is 7.85. The summed E-state index contributed by atoms with van der Waals surface area (Å²) in [5.74, 6) is 0.914. The van der Waals surface area contributed by atoms with Crippen molar-refractivity contribution in [3.8, 4) is 0 Å². The average Bonchev–Trinajstić information content (AvgIpc) is 3.16. The Morgan fingerprint density at radius 2 is 1.81 bits per heavy atom. The van der Waals surface area contributed by atoms with Crippen LogP contribution >= 0.6 is 11.6 Å². The van der Waals surface area contributed by atoms with Crippen LogP contribution in [0.3, 0.4) is 0 Å². The summed E-state index contributed by atoms with van der Waals surface area (Å²) in [4.78, 5) is 31.6. The van der Waals surface area contributed by atoms with Gasteiger partial charge < -0.3 is 19.5 Å². The molecule has 168 valence electrons. The first-order chi connectivity index (χ1) is 15.6. The standard InChI is InChI=1S/C24H27ClN4O3/c25-19-9-7-18(8-10-19)16-23(30)26-11-3-6-22-27-20-4-1-2-5-21(20)29(22)17-24(31)28-12-14-32-15-13-28/h1-2,4-5,7-10H,3,6,11-17H2,(H,26,30). The van der Waals surface area contributed by atoms with E-state index in [4.69, 9.17) is 21.3 Å². The molecule has 0 aliphatic carbocycles. The fourth-order valence-corrected chi connectivity index (χ4v) is 3.99. The van der Waals surface area contributed by atoms with Gasteiger partial charge in [0.15, 0.2) is 0 Å². The zero-order valence-electron chi connectivity index (χ0n) is 17.9. The number of ether oxygens (including phenoxy) is 1. The fourth-order valence-electron chi connectivity index (χ4n) is 3.87. The average molecular weight is 455 g/mol. The number of rotatable bonds is 8. The molecule has 1 saturated heterocycles. The van der Waals surface area contributed by atoms with Gasteiger partial charge >= 0.3 is 0 Å². The van der Waals surface area contributed by atoms with E-state index in [-0.39, 0.29) is 18.4 Å². The van der Waals surface area contributed by atoms with Gasteiger partial charge in [0.1, 0.15) is 12.4 Å². The molecule has 0 unspecified atom stereocenters. The summed E-state index contributed by atoms with van der Waals surface area (Å²) in [6, 6.07) is 15.1. The third-order valence-electron chi connectivity index (χ3n) is 5.57. The van der Waals surface area contributed by atoms with Gasteiger partial charge in [0.25, 0.3) is 0 Å². The van der Waals surface area contributed by atoms with Gasteiger partial charge in [-0.25, -0.2) is 4.98 Å². The van der Waals surface area contributed by atoms with Crippen LogP contribution in [-0.2, 0) is 33.7 Å². The number of hydrogen-bond acceptors (Lipinski definition) is 4. The van der Waals surface area contributed by atoms with E-state index in [9.17, 15) is 9.59 Å². The summed E-state index contributed by atoms with van der Waals surface area (Å²) >= 11 is 5.89. The molecule has 1 aromatic heterocycles. The molecular weight excluding hydrogens is 428 g/mol. The van der Waals surface area contributed by atoms with Crippen molar-refractivity contribution in [1.29, 1.82) is 0 Å². The summed E-state index contributed by atoms with van der Waals surface area (Å²) in [6.45, 7) is 3.23. The molecule has 8 heteroatoms. The first kappa shape index (κ1) is 22.3. The number of carbonyl (C=O) groups excluding carboxylic acids is 2. The Bertz CT molecular complexity index is 1070. The maximum atomic E-state index is 12.8. The van der Waals surface area contributed by atoms with Crippen molar-refractivity contribution in [2.45, 2.75) is 25.8 Å². The maximum Gasteiger partial charge on any atom is 0.242 e. The molecule has 1 N–H and O–H groups in total. The van der Waals surface area contributed by atoms with Gasteiger partial charge in [-0.2, -0.15) is 0 Å². The van der Waals surface area contributed by atoms with Crippen LogP contribution in [0.15, 0.2) is 48.5 Å². The van der Waals surface area contributed by atoms with Crippen LogP contribution in [0.2, 0.25) is 5.02 Å². The molecule has 0 atom stereocenters. The molecule has 2 heterocycles. The van der Waals surface area contributed by atoms with E-state index < -0.39 is 0 Å². The van der Waals surface area contributed by atoms with E-state index in [0.717, 1.165) is 28.8 Å². The molecule has 1 aliphatic heterocycles. The van der Waals surface area contributed by atoms with Crippen LogP contribution < -0.4 is 5.32 Å². The second-order valence-corrected chi connectivity index (χ2v) is 8.29. The van der Waals surface area contributed by atoms with E-state index in [1.807, 2.05) is 45.9 Å². The first-order valence-electron chi connectivity index (χ1n) is 10.9. The number of carbonyl (C=O) groups is 2. The highest BCUT2D eigenvalue weighted by atomic mass is 35.5. The van der Waals surface area contributed by atoms with E-state index in [2.05, 4.69) is 5.32 Å². The van der Waals surface area contributed by atoms with Gasteiger partial charge in [-0.3, -0.25) is 9.59 Å². The zero-order valence-corrected chi connectivity index (χ0v) is 18.7. The lowest BCUT2D eigenvalue weighted by atomic mass is 10.1. The van der Waals surface area contributed by atoms with Gasteiger partial charge in [-0.15, -0.1) is 0 Å². The second kappa shape index (κ2) is 10.6. The number of para-hydroxylation sites is 2. The van der Waals surface area contributed by atoms with Crippen LogP contribution in [0.1, 0.15) is 17.8 Å². The molecule has 0 bridgehead atoms. The Kier molecular flexibility index (Phi) is 7.39. The Hall–Kier alpha value is -2.90. The number of imidazole rings is 1. The van der Waals surface area contributed by atoms with Gasteiger partial charge in [-0.05, 0) is 36.2 Å². The summed E-state index contributed by atoms with van der Waals surface area (Å²) in [5.41, 5.74) is 2.76. The summed E-state index contributed by atoms with van der Waals surface area (Å²) in [7, 11) is 0. The van der Waals surface area contributed by atoms with Crippen LogP contribution in [0.5, 0.6) is 0 Å². The number of fused-ring (bicyclic) bond motifs is 1. The minimum absolute atomic E-state index is 0.0247. The molecule has 0 spiro atoms. The van der Waals surface area contributed by atoms with Crippen LogP contribution in [0.25, 0.3) is 11.0 Å². The number of aromatic nitrogens is 2. The maximum absolute atomic E-state index is 12.8. The van der Waals surface area contributed by atoms with Crippen molar-refractivity contribution in [3.05, 3.63) is 64.9 Å². The Morgan fingerprint density at radius 3 is 2.59 bits per heavy atom. The van der Waals surface area contributed by atoms with Gasteiger partial charge in [0.2, 0.25) is 11.8 Å². The molecule has 7 nitrogen and oxygen atoms in total. The molecule has 3 aromatic rings. The predicted molar refractivity (Wildman–Crippen MR) is 124 cm³/mol. The Morgan fingerprint density at radius 1 is 1.06 bits per heavy atom. The van der Waals surface area contributed by atoms with E-state index in [1.54, 1.807) is 12.1 Å². The number of morpholine rings is 1. The summed E-state index contributed by atoms with van der Waals surface area (Å²) in [6.07, 6.45) is 1.73. The van der Waals surface area contributed by atoms with Crippen LogP contribution in [0, 0.1) is 0 Å². The van der Waals surface area contributed by atoms with Crippen LogP contribution in [-0.4, -0.2) is 59.1 Å². The number of nitrogens with one attached hydrogen (secondary N) is 1. The molecule has 1 fully saturated rings. The van der Waals surface area contributed by atoms with Crippen molar-refractivity contribution in [1.82, 2.24) is 19.8 Å². The largest absolute Gasteiger partial charge is 0.378 e. The monoisotopic (exact) mass is 454 g/mol. The quantitative estimate of drug-likeness (QED) is 0.531. The van der Waals surface area contributed by atoms with E-state index in [1.165, 1.54) is 0 Å². The highest BCUT2D eigenvalue weighted by molar-refractivity contribution is 6.30. The van der Waals surface area contributed by atoms with Crippen molar-refractivity contribution >= 4 is 34.4 Å². The molecule has 0 radical (unpaired) electrons. The van der Waals surface area contributed by atoms with E-state index in [0.29, 0.717) is 50.7 Å². The smallest absolute Gasteiger partial charge is 0.242 e. The SMILES string of the molecule is O=C(Cc1ccc(Cl)cc1)NCCCc1nc2ccccc2n1CC(=O)N1CCOCC1. The first-order valence-corrected chi connectivity index (χ1v) is 11.3. The van der Waals surface area contributed by atoms with Crippen LogP contribution in [0.4, 0.5) is 0 Å². The Balaban J connectivity index is 1.35. The molecule has 0 saturated carbocycles. The number of amides is 2. The lowest BCUT2D eigenvalue weighted by molar-refractivity contribution is -0.135. The highest BCUT2D eigenvalue weighted by Crippen LogP contribution is 2.18. The summed E-state index contributed by atoms with van der Waals surface area (Å²) in [5, 5.41) is 3.62. The lowest BCUT2D eigenvalue weighted by Gasteiger charge is -2.27. The van der Waals surface area contributed by atoms with Gasteiger partial charge in [-0.1, -0.05) is 35.9 Å². The van der Waals surface area contributed by atoms with Crippen molar-refractivity contribution in [3.63, 3.8) is 0 Å². The van der Waals surface area contributed by atoms with Crippen molar-refractivity contribution < 1.29 is 14.3 Å². The number of benzene rings is 2. The highest BCUT2D eigenvalue weighted by Gasteiger charge is 2.20. The molecular formula is C24H27ClN4O3. The molecule has 2 amide bonds. The number of nitrogens with zero attached hydrogens (tertiary/aromatic N) is 3. The number of aryl methyl sites for hydroxylation is 1. The molecule has 2 aromatic carbocycles. The fraction of sp³-hybridized carbons (Fsp3) is 0.375. The van der Waals surface area contributed by atoms with Gasteiger partial charge in [0, 0.05) is 31.1 Å². The predicted octanol–water partition coefficient (Wildman–Crippen LogP) is 2.84. The minimum atomic E-state index is -0.0247. The van der Waals surface area contributed by atoms with Crippen molar-refractivity contribution in [2.24, 2.45) is 0 Å². The normalized spacial score (nSPS) is 14.0. The third kappa shape index (κ3) is 5.66. The topological polar surface area (TPSA) is 76.5 Å². The summed E-state index contributed by atoms with van der Waals surface area (Å²) < 4.78 is 7.36. The third-order valence-corrected chi connectivity index (χ3v) is 5.82. The van der Waals surface area contributed by atoms with Gasteiger partial charge in [0.05, 0.1) is 30.7 Å². The molecule has 4 rings (SSSR count). The number of hydrogen-bond donors (Lipinski definition) is 1. The van der Waals surface area contributed by atoms with Crippen molar-refractivity contribution in [2.75, 3.05) is 32.8 Å². The zero-order chi connectivity index (χ0) is 22.3. The van der Waals surface area contributed by atoms with E-state index >= 15 is 0 Å². The lowest BCUT2D eigenvalue weighted by Crippen LogP contribution is -2.42. The minimum Gasteiger partial charge on any atom is -0.378 e. The Labute approximate surface area is 192 Å². The molecule has 32 heavy (non-hydrogen) atoms.